The lowest BCUT2D eigenvalue weighted by Gasteiger charge is -2.23. The van der Waals surface area contributed by atoms with Gasteiger partial charge in [0.15, 0.2) is 0 Å². The average molecular weight is 228 g/mol. The fourth-order valence-corrected chi connectivity index (χ4v) is 2.06. The van der Waals surface area contributed by atoms with Crippen LogP contribution in [0, 0.1) is 11.3 Å². The highest BCUT2D eigenvalue weighted by molar-refractivity contribution is 5.79. The van der Waals surface area contributed by atoms with E-state index in [1.165, 1.54) is 0 Å². The molecule has 4 N–H and O–H groups in total. The van der Waals surface area contributed by atoms with Crippen LogP contribution in [-0.2, 0) is 0 Å². The molecule has 0 bridgehead atoms. The number of aliphatic hydroxyl groups is 1. The Labute approximate surface area is 97.7 Å². The van der Waals surface area contributed by atoms with Gasteiger partial charge in [0.25, 0.3) is 0 Å². The first-order valence-corrected chi connectivity index (χ1v) is 6.03. The van der Waals surface area contributed by atoms with Crippen molar-refractivity contribution in [2.45, 2.75) is 13.3 Å². The molecule has 1 unspecified atom stereocenters. The predicted octanol–water partition coefficient (Wildman–Crippen LogP) is -0.442. The molecular weight excluding hydrogens is 204 g/mol. The smallest absolute Gasteiger partial charge is 0.0947 e. The molecule has 5 nitrogen and oxygen atoms in total. The van der Waals surface area contributed by atoms with Gasteiger partial charge in [-0.1, -0.05) is 6.92 Å². The van der Waals surface area contributed by atoms with E-state index in [4.69, 9.17) is 16.2 Å². The molecule has 0 amide bonds. The Hall–Kier alpha value is -0.650. The standard InChI is InChI=1S/C11H24N4O/c1-10(11(12)13)9-15-4-2-3-14(5-6-15)7-8-16/h10,16H,2-9H2,1H3,(H3,12,13). The molecule has 1 saturated heterocycles. The van der Waals surface area contributed by atoms with Crippen molar-refractivity contribution in [1.29, 1.82) is 5.41 Å². The zero-order valence-electron chi connectivity index (χ0n) is 10.2. The number of hydrogen-bond acceptors (Lipinski definition) is 4. The molecule has 0 spiro atoms. The minimum atomic E-state index is 0.143. The lowest BCUT2D eigenvalue weighted by molar-refractivity contribution is 0.195. The van der Waals surface area contributed by atoms with Gasteiger partial charge in [-0.2, -0.15) is 0 Å². The van der Waals surface area contributed by atoms with Crippen molar-refractivity contribution < 1.29 is 5.11 Å². The lowest BCUT2D eigenvalue weighted by Crippen LogP contribution is -2.37. The van der Waals surface area contributed by atoms with Crippen molar-refractivity contribution >= 4 is 5.84 Å². The van der Waals surface area contributed by atoms with E-state index in [0.717, 1.165) is 45.7 Å². The Balaban J connectivity index is 2.32. The van der Waals surface area contributed by atoms with E-state index in [1.54, 1.807) is 0 Å². The number of β-amino-alcohol motifs (C(OH)–C–C–N with tert-alkyl or cyclic N) is 1. The van der Waals surface area contributed by atoms with Crippen LogP contribution in [0.1, 0.15) is 13.3 Å². The van der Waals surface area contributed by atoms with Crippen LogP contribution >= 0.6 is 0 Å². The van der Waals surface area contributed by atoms with E-state index in [9.17, 15) is 0 Å². The number of nitrogens with one attached hydrogen (secondary N) is 1. The summed E-state index contributed by atoms with van der Waals surface area (Å²) in [7, 11) is 0. The second-order valence-electron chi connectivity index (χ2n) is 4.58. The molecule has 0 aliphatic carbocycles. The Morgan fingerprint density at radius 3 is 2.56 bits per heavy atom. The molecule has 0 aromatic carbocycles. The normalized spacial score (nSPS) is 21.6. The molecule has 1 atom stereocenters. The molecule has 0 radical (unpaired) electrons. The number of nitrogens with two attached hydrogens (primary N) is 1. The molecule has 0 saturated carbocycles. The Bertz CT molecular complexity index is 222. The molecule has 5 heteroatoms. The molecule has 1 aliphatic heterocycles. The highest BCUT2D eigenvalue weighted by Gasteiger charge is 2.17. The van der Waals surface area contributed by atoms with Crippen molar-refractivity contribution in [3.63, 3.8) is 0 Å². The van der Waals surface area contributed by atoms with E-state index in [2.05, 4.69) is 9.80 Å². The number of aliphatic hydroxyl groups excluding tert-OH is 1. The Kier molecular flexibility index (Phi) is 5.73. The van der Waals surface area contributed by atoms with Crippen LogP contribution < -0.4 is 5.73 Å². The van der Waals surface area contributed by atoms with E-state index in [-0.39, 0.29) is 18.4 Å². The first-order valence-electron chi connectivity index (χ1n) is 6.03. The first kappa shape index (κ1) is 13.4. The van der Waals surface area contributed by atoms with Crippen LogP contribution in [0.5, 0.6) is 0 Å². The van der Waals surface area contributed by atoms with Crippen LogP contribution in [0.3, 0.4) is 0 Å². The van der Waals surface area contributed by atoms with Crippen molar-refractivity contribution in [3.05, 3.63) is 0 Å². The van der Waals surface area contributed by atoms with Crippen LogP contribution in [0.4, 0.5) is 0 Å². The van der Waals surface area contributed by atoms with Gasteiger partial charge in [-0.25, -0.2) is 0 Å². The number of nitrogens with zero attached hydrogens (tertiary/aromatic N) is 2. The van der Waals surface area contributed by atoms with Gasteiger partial charge in [-0.3, -0.25) is 10.3 Å². The summed E-state index contributed by atoms with van der Waals surface area (Å²) >= 11 is 0. The van der Waals surface area contributed by atoms with Crippen molar-refractivity contribution in [3.8, 4) is 0 Å². The molecule has 94 valence electrons. The molecule has 1 aliphatic rings. The third kappa shape index (κ3) is 4.47. The maximum Gasteiger partial charge on any atom is 0.0947 e. The van der Waals surface area contributed by atoms with Crippen molar-refractivity contribution in [2.75, 3.05) is 45.9 Å². The van der Waals surface area contributed by atoms with Crippen LogP contribution in [0.2, 0.25) is 0 Å². The molecule has 16 heavy (non-hydrogen) atoms. The summed E-state index contributed by atoms with van der Waals surface area (Å²) in [5, 5.41) is 16.3. The molecule has 0 aromatic heterocycles. The maximum absolute atomic E-state index is 8.89. The minimum absolute atomic E-state index is 0.143. The third-order valence-corrected chi connectivity index (χ3v) is 3.16. The van der Waals surface area contributed by atoms with E-state index in [1.807, 2.05) is 6.92 Å². The summed E-state index contributed by atoms with van der Waals surface area (Å²) in [5.41, 5.74) is 5.48. The van der Waals surface area contributed by atoms with E-state index in [0.29, 0.717) is 0 Å². The largest absolute Gasteiger partial charge is 0.395 e. The van der Waals surface area contributed by atoms with Gasteiger partial charge in [0.1, 0.15) is 0 Å². The number of amidine groups is 1. The van der Waals surface area contributed by atoms with Crippen molar-refractivity contribution in [2.24, 2.45) is 11.7 Å². The molecular formula is C11H24N4O. The minimum Gasteiger partial charge on any atom is -0.395 e. The Morgan fingerprint density at radius 1 is 1.31 bits per heavy atom. The van der Waals surface area contributed by atoms with Gasteiger partial charge in [0, 0.05) is 32.1 Å². The summed E-state index contributed by atoms with van der Waals surface area (Å²) < 4.78 is 0. The second kappa shape index (κ2) is 6.83. The van der Waals surface area contributed by atoms with E-state index < -0.39 is 0 Å². The molecule has 1 fully saturated rings. The molecule has 1 rings (SSSR count). The van der Waals surface area contributed by atoms with Crippen LogP contribution in [0.15, 0.2) is 0 Å². The van der Waals surface area contributed by atoms with Gasteiger partial charge < -0.3 is 15.7 Å². The van der Waals surface area contributed by atoms with Gasteiger partial charge >= 0.3 is 0 Å². The summed E-state index contributed by atoms with van der Waals surface area (Å²) in [6, 6.07) is 0. The third-order valence-electron chi connectivity index (χ3n) is 3.16. The predicted molar refractivity (Wildman–Crippen MR) is 65.7 cm³/mol. The number of rotatable bonds is 5. The quantitative estimate of drug-likeness (QED) is 0.440. The van der Waals surface area contributed by atoms with Crippen LogP contribution in [0.25, 0.3) is 0 Å². The lowest BCUT2D eigenvalue weighted by atomic mass is 10.1. The van der Waals surface area contributed by atoms with Gasteiger partial charge in [0.05, 0.1) is 12.4 Å². The topological polar surface area (TPSA) is 76.6 Å². The maximum atomic E-state index is 8.89. The fourth-order valence-electron chi connectivity index (χ4n) is 2.06. The summed E-state index contributed by atoms with van der Waals surface area (Å²) in [6.45, 7) is 8.04. The Morgan fingerprint density at radius 2 is 1.94 bits per heavy atom. The second-order valence-corrected chi connectivity index (χ2v) is 4.58. The van der Waals surface area contributed by atoms with Crippen molar-refractivity contribution in [1.82, 2.24) is 9.80 Å². The van der Waals surface area contributed by atoms with Crippen LogP contribution in [-0.4, -0.2) is 66.6 Å². The highest BCUT2D eigenvalue weighted by Crippen LogP contribution is 2.06. The average Bonchev–Trinajstić information content (AvgIpc) is 2.44. The zero-order valence-corrected chi connectivity index (χ0v) is 10.2. The monoisotopic (exact) mass is 228 g/mol. The van der Waals surface area contributed by atoms with Gasteiger partial charge in [-0.05, 0) is 19.5 Å². The number of hydrogen-bond donors (Lipinski definition) is 3. The highest BCUT2D eigenvalue weighted by atomic mass is 16.3. The summed E-state index contributed by atoms with van der Waals surface area (Å²) in [6.07, 6.45) is 1.13. The SMILES string of the molecule is CC(CN1CCCN(CCO)CC1)C(=N)N. The van der Waals surface area contributed by atoms with E-state index >= 15 is 0 Å². The van der Waals surface area contributed by atoms with Gasteiger partial charge in [0.2, 0.25) is 0 Å². The summed E-state index contributed by atoms with van der Waals surface area (Å²) in [4.78, 5) is 4.65. The summed E-state index contributed by atoms with van der Waals surface area (Å²) in [5.74, 6) is 0.417. The fraction of sp³-hybridized carbons (Fsp3) is 0.909. The zero-order chi connectivity index (χ0) is 12.0. The molecule has 0 aromatic rings. The molecule has 1 heterocycles. The first-order chi connectivity index (χ1) is 7.63. The van der Waals surface area contributed by atoms with Gasteiger partial charge in [-0.15, -0.1) is 0 Å².